The van der Waals surface area contributed by atoms with Crippen LogP contribution in [0.2, 0.25) is 0 Å². The van der Waals surface area contributed by atoms with Gasteiger partial charge in [-0.05, 0) is 33.1 Å². The number of benzene rings is 1. The number of thiophene rings is 1. The van der Waals surface area contributed by atoms with Crippen LogP contribution >= 0.6 is 27.3 Å². The highest BCUT2D eigenvalue weighted by Gasteiger charge is 2.30. The third-order valence-electron chi connectivity index (χ3n) is 3.32. The average molecular weight is 324 g/mol. The van der Waals surface area contributed by atoms with E-state index in [1.807, 2.05) is 12.1 Å². The third kappa shape index (κ3) is 2.38. The van der Waals surface area contributed by atoms with Gasteiger partial charge in [0.25, 0.3) is 0 Å². The van der Waals surface area contributed by atoms with Crippen molar-refractivity contribution in [3.8, 4) is 0 Å². The Labute approximate surface area is 119 Å². The zero-order valence-corrected chi connectivity index (χ0v) is 12.2. The molecule has 1 aromatic carbocycles. The Kier molecular flexibility index (Phi) is 3.52. The average Bonchev–Trinajstić information content (AvgIpc) is 2.90. The molecule has 18 heavy (non-hydrogen) atoms. The van der Waals surface area contributed by atoms with Gasteiger partial charge in [0.05, 0.1) is 12.1 Å². The van der Waals surface area contributed by atoms with Gasteiger partial charge in [-0.15, -0.1) is 11.3 Å². The molecule has 0 amide bonds. The Morgan fingerprint density at radius 1 is 1.39 bits per heavy atom. The Morgan fingerprint density at radius 3 is 3.00 bits per heavy atom. The predicted molar refractivity (Wildman–Crippen MR) is 77.8 cm³/mol. The quantitative estimate of drug-likeness (QED) is 0.908. The van der Waals surface area contributed by atoms with E-state index in [1.54, 1.807) is 11.3 Å². The topological polar surface area (TPSA) is 32.3 Å². The molecule has 1 aromatic heterocycles. The largest absolute Gasteiger partial charge is 0.391 e. The lowest BCUT2D eigenvalue weighted by Crippen LogP contribution is -2.28. The monoisotopic (exact) mass is 323 g/mol. The molecule has 0 unspecified atom stereocenters. The van der Waals surface area contributed by atoms with Gasteiger partial charge in [-0.1, -0.05) is 24.3 Å². The van der Waals surface area contributed by atoms with Crippen LogP contribution in [0.15, 0.2) is 40.2 Å². The zero-order chi connectivity index (χ0) is 12.5. The molecule has 4 heteroatoms. The van der Waals surface area contributed by atoms with Gasteiger partial charge in [0.15, 0.2) is 0 Å². The summed E-state index contributed by atoms with van der Waals surface area (Å²) in [6, 6.07) is 10.4. The van der Waals surface area contributed by atoms with E-state index < -0.39 is 0 Å². The first-order valence-corrected chi connectivity index (χ1v) is 7.63. The summed E-state index contributed by atoms with van der Waals surface area (Å²) in [6.45, 7) is 0.798. The standard InChI is InChI=1S/C14H14BrNOS/c15-10-6-11(18-8-10)7-16-14-12-4-2-1-3-9(12)5-13(14)17/h1-4,6,8,13-14,16-17H,5,7H2/t13-,14+/m1/s1. The molecular weight excluding hydrogens is 310 g/mol. The van der Waals surface area contributed by atoms with E-state index in [0.29, 0.717) is 0 Å². The van der Waals surface area contributed by atoms with Gasteiger partial charge < -0.3 is 10.4 Å². The summed E-state index contributed by atoms with van der Waals surface area (Å²) in [6.07, 6.45) is 0.438. The summed E-state index contributed by atoms with van der Waals surface area (Å²) in [5, 5.41) is 15.7. The van der Waals surface area contributed by atoms with E-state index in [2.05, 4.69) is 44.8 Å². The highest BCUT2D eigenvalue weighted by atomic mass is 79.9. The van der Waals surface area contributed by atoms with Crippen LogP contribution in [0.1, 0.15) is 22.0 Å². The van der Waals surface area contributed by atoms with Crippen LogP contribution in [0.5, 0.6) is 0 Å². The van der Waals surface area contributed by atoms with Crippen molar-refractivity contribution in [3.63, 3.8) is 0 Å². The molecule has 0 bridgehead atoms. The summed E-state index contributed by atoms with van der Waals surface area (Å²) in [5.41, 5.74) is 2.50. The molecule has 1 aliphatic carbocycles. The first-order chi connectivity index (χ1) is 8.74. The molecule has 2 aromatic rings. The summed E-state index contributed by atoms with van der Waals surface area (Å²) >= 11 is 5.18. The molecule has 1 heterocycles. The smallest absolute Gasteiger partial charge is 0.0775 e. The van der Waals surface area contributed by atoms with Gasteiger partial charge >= 0.3 is 0 Å². The fourth-order valence-corrected chi connectivity index (χ4v) is 3.88. The second-order valence-corrected chi connectivity index (χ2v) is 6.47. The molecule has 2 N–H and O–H groups in total. The number of halogens is 1. The van der Waals surface area contributed by atoms with Crippen molar-refractivity contribution in [1.29, 1.82) is 0 Å². The lowest BCUT2D eigenvalue weighted by molar-refractivity contribution is 0.141. The van der Waals surface area contributed by atoms with Gasteiger partial charge in [-0.3, -0.25) is 0 Å². The fourth-order valence-electron chi connectivity index (χ4n) is 2.48. The summed E-state index contributed by atoms with van der Waals surface area (Å²) in [4.78, 5) is 1.28. The molecule has 94 valence electrons. The summed E-state index contributed by atoms with van der Waals surface area (Å²) < 4.78 is 1.12. The SMILES string of the molecule is O[C@@H]1Cc2ccccc2[C@@H]1NCc1cc(Br)cs1. The second-order valence-electron chi connectivity index (χ2n) is 4.56. The summed E-state index contributed by atoms with van der Waals surface area (Å²) in [7, 11) is 0. The fraction of sp³-hybridized carbons (Fsp3) is 0.286. The van der Waals surface area contributed by atoms with Gasteiger partial charge in [-0.25, -0.2) is 0 Å². The van der Waals surface area contributed by atoms with Crippen molar-refractivity contribution in [2.24, 2.45) is 0 Å². The molecule has 1 aliphatic rings. The molecule has 0 saturated heterocycles. The minimum atomic E-state index is -0.314. The van der Waals surface area contributed by atoms with E-state index in [0.717, 1.165) is 17.4 Å². The number of hydrogen-bond donors (Lipinski definition) is 2. The lowest BCUT2D eigenvalue weighted by Gasteiger charge is -2.17. The van der Waals surface area contributed by atoms with Gasteiger partial charge in [0, 0.05) is 27.7 Å². The Morgan fingerprint density at radius 2 is 2.22 bits per heavy atom. The molecule has 0 saturated carbocycles. The minimum Gasteiger partial charge on any atom is -0.391 e. The van der Waals surface area contributed by atoms with Gasteiger partial charge in [0.1, 0.15) is 0 Å². The molecule has 0 fully saturated rings. The van der Waals surface area contributed by atoms with Crippen molar-refractivity contribution in [3.05, 3.63) is 56.2 Å². The van der Waals surface area contributed by atoms with Crippen molar-refractivity contribution in [2.45, 2.75) is 25.1 Å². The number of aliphatic hydroxyl groups excluding tert-OH is 1. The van der Waals surface area contributed by atoms with E-state index in [1.165, 1.54) is 16.0 Å². The van der Waals surface area contributed by atoms with Crippen LogP contribution in [0, 0.1) is 0 Å². The number of aliphatic hydroxyl groups is 1. The number of rotatable bonds is 3. The van der Waals surface area contributed by atoms with Crippen LogP contribution in [-0.4, -0.2) is 11.2 Å². The van der Waals surface area contributed by atoms with Crippen LogP contribution in [0.25, 0.3) is 0 Å². The maximum atomic E-state index is 10.1. The van der Waals surface area contributed by atoms with E-state index in [-0.39, 0.29) is 12.1 Å². The van der Waals surface area contributed by atoms with E-state index in [9.17, 15) is 5.11 Å². The van der Waals surface area contributed by atoms with Crippen molar-refractivity contribution >= 4 is 27.3 Å². The Bertz CT molecular complexity index is 554. The lowest BCUT2D eigenvalue weighted by atomic mass is 10.1. The number of hydrogen-bond acceptors (Lipinski definition) is 3. The highest BCUT2D eigenvalue weighted by Crippen LogP contribution is 2.31. The maximum Gasteiger partial charge on any atom is 0.0775 e. The summed E-state index contributed by atoms with van der Waals surface area (Å²) in [5.74, 6) is 0. The van der Waals surface area contributed by atoms with Crippen LogP contribution in [0.3, 0.4) is 0 Å². The predicted octanol–water partition coefficient (Wildman–Crippen LogP) is 3.26. The van der Waals surface area contributed by atoms with Crippen LogP contribution < -0.4 is 5.32 Å². The van der Waals surface area contributed by atoms with E-state index in [4.69, 9.17) is 0 Å². The van der Waals surface area contributed by atoms with Gasteiger partial charge in [-0.2, -0.15) is 0 Å². The maximum absolute atomic E-state index is 10.1. The molecule has 3 rings (SSSR count). The first-order valence-electron chi connectivity index (χ1n) is 5.96. The minimum absolute atomic E-state index is 0.0575. The first kappa shape index (κ1) is 12.4. The van der Waals surface area contributed by atoms with Crippen LogP contribution in [0.4, 0.5) is 0 Å². The van der Waals surface area contributed by atoms with Crippen molar-refractivity contribution in [2.75, 3.05) is 0 Å². The number of fused-ring (bicyclic) bond motifs is 1. The molecule has 0 aliphatic heterocycles. The zero-order valence-electron chi connectivity index (χ0n) is 9.77. The van der Waals surface area contributed by atoms with Gasteiger partial charge in [0.2, 0.25) is 0 Å². The number of nitrogens with one attached hydrogen (secondary N) is 1. The second kappa shape index (κ2) is 5.13. The van der Waals surface area contributed by atoms with Crippen molar-refractivity contribution < 1.29 is 5.11 Å². The molecule has 0 radical (unpaired) electrons. The molecule has 0 spiro atoms. The van der Waals surface area contributed by atoms with Crippen molar-refractivity contribution in [1.82, 2.24) is 5.32 Å². The third-order valence-corrected chi connectivity index (χ3v) is 5.02. The Hall–Kier alpha value is -0.680. The highest BCUT2D eigenvalue weighted by molar-refractivity contribution is 9.10. The van der Waals surface area contributed by atoms with E-state index >= 15 is 0 Å². The Balaban J connectivity index is 1.73. The molecule has 2 nitrogen and oxygen atoms in total. The normalized spacial score (nSPS) is 22.1. The molecular formula is C14H14BrNOS. The van der Waals surface area contributed by atoms with Crippen LogP contribution in [-0.2, 0) is 13.0 Å². The molecule has 2 atom stereocenters.